The molecular weight excluding hydrogens is 488 g/mol. The molecular formula is C29H23ClN4O3. The molecule has 0 radical (unpaired) electrons. The van der Waals surface area contributed by atoms with Crippen LogP contribution in [-0.2, 0) is 17.8 Å². The average Bonchev–Trinajstić information content (AvgIpc) is 3.00. The fourth-order valence-corrected chi connectivity index (χ4v) is 4.44. The summed E-state index contributed by atoms with van der Waals surface area (Å²) < 4.78 is 0. The Balaban J connectivity index is 1.42. The molecule has 0 bridgehead atoms. The summed E-state index contributed by atoms with van der Waals surface area (Å²) in [6, 6.07) is 23.9. The van der Waals surface area contributed by atoms with E-state index >= 15 is 0 Å². The lowest BCUT2D eigenvalue weighted by atomic mass is 10.0. The smallest absolute Gasteiger partial charge is 0.256 e. The third kappa shape index (κ3) is 5.52. The minimum absolute atomic E-state index is 0.180. The van der Waals surface area contributed by atoms with Crippen LogP contribution < -0.4 is 10.6 Å². The van der Waals surface area contributed by atoms with Crippen molar-refractivity contribution in [2.24, 2.45) is 0 Å². The molecule has 1 aromatic heterocycles. The van der Waals surface area contributed by atoms with E-state index in [2.05, 4.69) is 15.6 Å². The first-order valence-corrected chi connectivity index (χ1v) is 12.1. The maximum atomic E-state index is 13.7. The molecule has 3 amide bonds. The van der Waals surface area contributed by atoms with Crippen LogP contribution in [0, 0.1) is 0 Å². The van der Waals surface area contributed by atoms with Crippen molar-refractivity contribution in [3.63, 3.8) is 0 Å². The summed E-state index contributed by atoms with van der Waals surface area (Å²) in [6.45, 7) is 0.180. The number of nitrogens with zero attached hydrogens (tertiary/aromatic N) is 2. The van der Waals surface area contributed by atoms with Gasteiger partial charge < -0.3 is 15.5 Å². The third-order valence-corrected chi connectivity index (χ3v) is 6.40. The van der Waals surface area contributed by atoms with E-state index in [1.165, 1.54) is 0 Å². The van der Waals surface area contributed by atoms with Gasteiger partial charge in [0.2, 0.25) is 5.91 Å². The van der Waals surface area contributed by atoms with Gasteiger partial charge in [0, 0.05) is 41.6 Å². The van der Waals surface area contributed by atoms with Crippen LogP contribution in [0.4, 0.5) is 11.4 Å². The SMILES string of the molecule is O=C(Nc1ccccc1)c1ccc(CN2C(=O)c3ccc(Cl)cc3NC(=O)[C@H]2Cc2cccnc2)cc1. The molecule has 1 aliphatic heterocycles. The molecule has 0 spiro atoms. The number of nitrogens with one attached hydrogen (secondary N) is 2. The van der Waals surface area contributed by atoms with Crippen LogP contribution in [0.1, 0.15) is 31.8 Å². The molecule has 0 fully saturated rings. The molecule has 37 heavy (non-hydrogen) atoms. The number of hydrogen-bond donors (Lipinski definition) is 2. The first kappa shape index (κ1) is 24.2. The van der Waals surface area contributed by atoms with Crippen molar-refractivity contribution in [2.75, 3.05) is 10.6 Å². The van der Waals surface area contributed by atoms with E-state index < -0.39 is 6.04 Å². The van der Waals surface area contributed by atoms with Gasteiger partial charge in [-0.15, -0.1) is 0 Å². The fraction of sp³-hybridized carbons (Fsp3) is 0.103. The van der Waals surface area contributed by atoms with Crippen LogP contribution in [0.15, 0.2) is 97.3 Å². The second-order valence-electron chi connectivity index (χ2n) is 8.71. The molecule has 3 aromatic carbocycles. The van der Waals surface area contributed by atoms with E-state index in [-0.39, 0.29) is 24.3 Å². The Morgan fingerprint density at radius 2 is 1.73 bits per heavy atom. The zero-order valence-corrected chi connectivity index (χ0v) is 20.5. The Labute approximate surface area is 219 Å². The van der Waals surface area contributed by atoms with E-state index in [4.69, 9.17) is 11.6 Å². The van der Waals surface area contributed by atoms with Crippen molar-refractivity contribution in [3.05, 3.63) is 125 Å². The number of hydrogen-bond acceptors (Lipinski definition) is 4. The second-order valence-corrected chi connectivity index (χ2v) is 9.15. The van der Waals surface area contributed by atoms with Gasteiger partial charge in [-0.2, -0.15) is 0 Å². The Kier molecular flexibility index (Phi) is 6.96. The van der Waals surface area contributed by atoms with E-state index in [9.17, 15) is 14.4 Å². The molecule has 8 heteroatoms. The van der Waals surface area contributed by atoms with Crippen LogP contribution in [0.5, 0.6) is 0 Å². The van der Waals surface area contributed by atoms with Gasteiger partial charge >= 0.3 is 0 Å². The molecule has 0 saturated heterocycles. The van der Waals surface area contributed by atoms with Gasteiger partial charge in [-0.3, -0.25) is 19.4 Å². The van der Waals surface area contributed by atoms with Gasteiger partial charge in [-0.05, 0) is 59.7 Å². The number of fused-ring (bicyclic) bond motifs is 1. The predicted molar refractivity (Wildman–Crippen MR) is 143 cm³/mol. The van der Waals surface area contributed by atoms with Crippen LogP contribution in [0.3, 0.4) is 0 Å². The fourth-order valence-electron chi connectivity index (χ4n) is 4.27. The number of rotatable bonds is 6. The number of pyridine rings is 1. The van der Waals surface area contributed by atoms with Gasteiger partial charge in [0.15, 0.2) is 0 Å². The maximum Gasteiger partial charge on any atom is 0.256 e. The average molecular weight is 511 g/mol. The van der Waals surface area contributed by atoms with Crippen molar-refractivity contribution >= 4 is 40.7 Å². The van der Waals surface area contributed by atoms with E-state index in [0.717, 1.165) is 11.1 Å². The minimum Gasteiger partial charge on any atom is -0.323 e. The molecule has 0 saturated carbocycles. The van der Waals surface area contributed by atoms with Crippen molar-refractivity contribution in [1.29, 1.82) is 0 Å². The summed E-state index contributed by atoms with van der Waals surface area (Å²) in [6.07, 6.45) is 3.64. The Morgan fingerprint density at radius 1 is 0.946 bits per heavy atom. The summed E-state index contributed by atoms with van der Waals surface area (Å²) in [5, 5.41) is 6.15. The zero-order chi connectivity index (χ0) is 25.8. The largest absolute Gasteiger partial charge is 0.323 e. The molecule has 2 N–H and O–H groups in total. The van der Waals surface area contributed by atoms with Crippen LogP contribution in [-0.4, -0.2) is 33.6 Å². The van der Waals surface area contributed by atoms with Crippen LogP contribution >= 0.6 is 11.6 Å². The molecule has 184 valence electrons. The number of benzene rings is 3. The number of carbonyl (C=O) groups excluding carboxylic acids is 3. The summed E-state index contributed by atoms with van der Waals surface area (Å²) in [7, 11) is 0. The van der Waals surface area contributed by atoms with Crippen LogP contribution in [0.25, 0.3) is 0 Å². The highest BCUT2D eigenvalue weighted by Crippen LogP contribution is 2.29. The number of halogens is 1. The van der Waals surface area contributed by atoms with Crippen molar-refractivity contribution < 1.29 is 14.4 Å². The molecule has 0 unspecified atom stereocenters. The van der Waals surface area contributed by atoms with E-state index in [1.807, 2.05) is 36.4 Å². The van der Waals surface area contributed by atoms with Crippen molar-refractivity contribution in [1.82, 2.24) is 9.88 Å². The van der Waals surface area contributed by atoms with Gasteiger partial charge in [-0.1, -0.05) is 48.0 Å². The second kappa shape index (κ2) is 10.6. The summed E-state index contributed by atoms with van der Waals surface area (Å²) >= 11 is 6.13. The number of anilines is 2. The van der Waals surface area contributed by atoms with Crippen molar-refractivity contribution in [2.45, 2.75) is 19.0 Å². The van der Waals surface area contributed by atoms with Crippen LogP contribution in [0.2, 0.25) is 5.02 Å². The lowest BCUT2D eigenvalue weighted by molar-refractivity contribution is -0.120. The lowest BCUT2D eigenvalue weighted by Crippen LogP contribution is -2.46. The van der Waals surface area contributed by atoms with Gasteiger partial charge in [0.05, 0.1) is 11.3 Å². The standard InChI is InChI=1S/C29H23ClN4O3/c30-22-12-13-24-25(16-22)33-28(36)26(15-20-5-4-14-31-17-20)34(29(24)37)18-19-8-10-21(11-9-19)27(35)32-23-6-2-1-3-7-23/h1-14,16-17,26H,15,18H2,(H,32,35)(H,33,36)/t26-/m1/s1. The third-order valence-electron chi connectivity index (χ3n) is 6.16. The minimum atomic E-state index is -0.774. The highest BCUT2D eigenvalue weighted by atomic mass is 35.5. The summed E-state index contributed by atoms with van der Waals surface area (Å²) in [5.41, 5.74) is 3.55. The zero-order valence-electron chi connectivity index (χ0n) is 19.7. The highest BCUT2D eigenvalue weighted by molar-refractivity contribution is 6.31. The molecule has 2 heterocycles. The Morgan fingerprint density at radius 3 is 2.46 bits per heavy atom. The summed E-state index contributed by atoms with van der Waals surface area (Å²) in [4.78, 5) is 45.4. The first-order valence-electron chi connectivity index (χ1n) is 11.7. The van der Waals surface area contributed by atoms with E-state index in [1.54, 1.807) is 65.8 Å². The Bertz CT molecular complexity index is 1440. The molecule has 5 rings (SSSR count). The number of aromatic nitrogens is 1. The molecule has 1 atom stereocenters. The topological polar surface area (TPSA) is 91.4 Å². The van der Waals surface area contributed by atoms with Gasteiger partial charge in [0.25, 0.3) is 11.8 Å². The van der Waals surface area contributed by atoms with Gasteiger partial charge in [-0.25, -0.2) is 0 Å². The molecule has 1 aliphatic rings. The number of carbonyl (C=O) groups is 3. The van der Waals surface area contributed by atoms with Gasteiger partial charge in [0.1, 0.15) is 6.04 Å². The molecule has 0 aliphatic carbocycles. The Hall–Kier alpha value is -4.49. The van der Waals surface area contributed by atoms with E-state index in [0.29, 0.717) is 33.9 Å². The van der Waals surface area contributed by atoms with Crippen molar-refractivity contribution in [3.8, 4) is 0 Å². The molecule has 4 aromatic rings. The maximum absolute atomic E-state index is 13.7. The number of para-hydroxylation sites is 1. The highest BCUT2D eigenvalue weighted by Gasteiger charge is 2.35. The quantitative estimate of drug-likeness (QED) is 0.373. The monoisotopic (exact) mass is 510 g/mol. The lowest BCUT2D eigenvalue weighted by Gasteiger charge is -2.29. The normalized spacial score (nSPS) is 14.9. The first-order chi connectivity index (χ1) is 18.0. The number of amides is 3. The predicted octanol–water partition coefficient (Wildman–Crippen LogP) is 5.19. The summed E-state index contributed by atoms with van der Waals surface area (Å²) in [5.74, 6) is -0.829. The molecule has 7 nitrogen and oxygen atoms in total.